The van der Waals surface area contributed by atoms with Crippen molar-refractivity contribution in [2.75, 3.05) is 19.8 Å². The summed E-state index contributed by atoms with van der Waals surface area (Å²) >= 11 is 0. The van der Waals surface area contributed by atoms with E-state index in [0.717, 1.165) is 25.9 Å². The van der Waals surface area contributed by atoms with Crippen molar-refractivity contribution in [2.24, 2.45) is 11.3 Å². The fraction of sp³-hybridized carbons (Fsp3) is 1.00. The minimum Gasteiger partial charge on any atom is -0.396 e. The first-order valence-electron chi connectivity index (χ1n) is 7.31. The molecule has 0 spiro atoms. The molecule has 0 bridgehead atoms. The van der Waals surface area contributed by atoms with Gasteiger partial charge in [-0.15, -0.1) is 0 Å². The predicted octanol–water partition coefficient (Wildman–Crippen LogP) is 0.0648. The molecule has 0 aromatic carbocycles. The SMILES string of the molecule is CCC(CO)(CO)C(O)C12CCC(C3CO3)CC1O2. The number of hydrogen-bond donors (Lipinski definition) is 3. The Bertz CT molecular complexity index is 330. The lowest BCUT2D eigenvalue weighted by Crippen LogP contribution is -2.52. The predicted molar refractivity (Wildman–Crippen MR) is 67.6 cm³/mol. The highest BCUT2D eigenvalue weighted by atomic mass is 16.6. The Morgan fingerprint density at radius 3 is 2.53 bits per heavy atom. The molecule has 0 aromatic rings. The van der Waals surface area contributed by atoms with Crippen LogP contribution in [-0.2, 0) is 9.47 Å². The molecule has 3 N–H and O–H groups in total. The van der Waals surface area contributed by atoms with Gasteiger partial charge in [0.05, 0.1) is 38.1 Å². The van der Waals surface area contributed by atoms with Crippen LogP contribution < -0.4 is 0 Å². The van der Waals surface area contributed by atoms with Crippen molar-refractivity contribution in [1.82, 2.24) is 0 Å². The van der Waals surface area contributed by atoms with E-state index in [-0.39, 0.29) is 19.3 Å². The van der Waals surface area contributed by atoms with Crippen LogP contribution in [0, 0.1) is 11.3 Å². The van der Waals surface area contributed by atoms with E-state index in [0.29, 0.717) is 18.4 Å². The van der Waals surface area contributed by atoms with Gasteiger partial charge < -0.3 is 24.8 Å². The van der Waals surface area contributed by atoms with Gasteiger partial charge in [0.1, 0.15) is 5.60 Å². The van der Waals surface area contributed by atoms with Crippen molar-refractivity contribution < 1.29 is 24.8 Å². The van der Waals surface area contributed by atoms with Gasteiger partial charge in [-0.25, -0.2) is 0 Å². The van der Waals surface area contributed by atoms with Crippen LogP contribution in [0.25, 0.3) is 0 Å². The number of hydrogen-bond acceptors (Lipinski definition) is 5. The molecule has 0 aromatic heterocycles. The Balaban J connectivity index is 1.69. The van der Waals surface area contributed by atoms with Gasteiger partial charge in [0, 0.05) is 5.41 Å². The highest BCUT2D eigenvalue weighted by Crippen LogP contribution is 2.56. The van der Waals surface area contributed by atoms with E-state index in [2.05, 4.69) is 0 Å². The molecule has 1 aliphatic carbocycles. The summed E-state index contributed by atoms with van der Waals surface area (Å²) in [5, 5.41) is 29.8. The molecule has 3 aliphatic rings. The smallest absolute Gasteiger partial charge is 0.121 e. The first-order chi connectivity index (χ1) is 9.12. The molecular weight excluding hydrogens is 248 g/mol. The van der Waals surface area contributed by atoms with E-state index in [1.165, 1.54) is 0 Å². The second kappa shape index (κ2) is 4.67. The minimum atomic E-state index is -0.850. The Hall–Kier alpha value is -0.200. The Morgan fingerprint density at radius 2 is 2.05 bits per heavy atom. The lowest BCUT2D eigenvalue weighted by Gasteiger charge is -2.39. The standard InChI is InChI=1S/C14H24O5/c1-2-13(7-15,8-16)12(17)14-4-3-9(10-6-18-10)5-11(14)19-14/h9-12,15-17H,2-8H2,1H3. The van der Waals surface area contributed by atoms with E-state index < -0.39 is 17.1 Å². The third-order valence-electron chi connectivity index (χ3n) is 5.53. The fourth-order valence-electron chi connectivity index (χ4n) is 3.70. The zero-order chi connectivity index (χ0) is 13.7. The van der Waals surface area contributed by atoms with E-state index in [4.69, 9.17) is 9.47 Å². The molecular formula is C14H24O5. The van der Waals surface area contributed by atoms with Gasteiger partial charge in [0.2, 0.25) is 0 Å². The van der Waals surface area contributed by atoms with Crippen molar-refractivity contribution in [3.8, 4) is 0 Å². The van der Waals surface area contributed by atoms with Crippen molar-refractivity contribution in [2.45, 2.75) is 56.5 Å². The third-order valence-corrected chi connectivity index (χ3v) is 5.53. The number of epoxide rings is 2. The molecule has 5 heteroatoms. The van der Waals surface area contributed by atoms with Crippen LogP contribution in [0.15, 0.2) is 0 Å². The molecule has 2 heterocycles. The van der Waals surface area contributed by atoms with Crippen LogP contribution in [-0.4, -0.2) is 59.1 Å². The first kappa shape index (κ1) is 13.8. The minimum absolute atomic E-state index is 0.0643. The molecule has 1 saturated carbocycles. The maximum Gasteiger partial charge on any atom is 0.121 e. The topological polar surface area (TPSA) is 85.8 Å². The molecule has 3 rings (SSSR count). The summed E-state index contributed by atoms with van der Waals surface area (Å²) in [6.45, 7) is 2.31. The lowest BCUT2D eigenvalue weighted by molar-refractivity contribution is -0.0949. The molecule has 2 aliphatic heterocycles. The quantitative estimate of drug-likeness (QED) is 0.596. The van der Waals surface area contributed by atoms with Gasteiger partial charge >= 0.3 is 0 Å². The number of aliphatic hydroxyl groups is 3. The maximum absolute atomic E-state index is 10.6. The Labute approximate surface area is 113 Å². The molecule has 2 saturated heterocycles. The van der Waals surface area contributed by atoms with E-state index in [9.17, 15) is 15.3 Å². The van der Waals surface area contributed by atoms with Crippen LogP contribution in [0.1, 0.15) is 32.6 Å². The van der Waals surface area contributed by atoms with Crippen molar-refractivity contribution in [3.63, 3.8) is 0 Å². The largest absolute Gasteiger partial charge is 0.396 e. The second-order valence-corrected chi connectivity index (χ2v) is 6.40. The number of rotatable bonds is 6. The lowest BCUT2D eigenvalue weighted by atomic mass is 9.69. The summed E-state index contributed by atoms with van der Waals surface area (Å²) < 4.78 is 11.2. The van der Waals surface area contributed by atoms with Crippen LogP contribution in [0.5, 0.6) is 0 Å². The third kappa shape index (κ3) is 2.03. The Kier molecular flexibility index (Phi) is 3.38. The van der Waals surface area contributed by atoms with Crippen LogP contribution in [0.4, 0.5) is 0 Å². The maximum atomic E-state index is 10.6. The van der Waals surface area contributed by atoms with Crippen LogP contribution >= 0.6 is 0 Å². The van der Waals surface area contributed by atoms with Gasteiger partial charge in [-0.1, -0.05) is 6.92 Å². The first-order valence-corrected chi connectivity index (χ1v) is 7.31. The number of aliphatic hydroxyl groups excluding tert-OH is 3. The fourth-order valence-corrected chi connectivity index (χ4v) is 3.70. The summed E-state index contributed by atoms with van der Waals surface area (Å²) in [6.07, 6.45) is 2.92. The molecule has 5 atom stereocenters. The molecule has 0 radical (unpaired) electrons. The molecule has 110 valence electrons. The zero-order valence-electron chi connectivity index (χ0n) is 11.4. The van der Waals surface area contributed by atoms with Crippen LogP contribution in [0.3, 0.4) is 0 Å². The Morgan fingerprint density at radius 1 is 1.37 bits per heavy atom. The average molecular weight is 272 g/mol. The normalized spacial score (nSPS) is 42.6. The summed E-state index contributed by atoms with van der Waals surface area (Å²) in [5.41, 5.74) is -1.38. The molecule has 5 nitrogen and oxygen atoms in total. The van der Waals surface area contributed by atoms with E-state index in [1.54, 1.807) is 0 Å². The molecule has 5 unspecified atom stereocenters. The zero-order valence-corrected chi connectivity index (χ0v) is 11.4. The number of fused-ring (bicyclic) bond motifs is 1. The highest BCUT2D eigenvalue weighted by molar-refractivity contribution is 5.15. The van der Waals surface area contributed by atoms with E-state index >= 15 is 0 Å². The van der Waals surface area contributed by atoms with Gasteiger partial charge in [0.25, 0.3) is 0 Å². The van der Waals surface area contributed by atoms with Gasteiger partial charge in [0.15, 0.2) is 0 Å². The van der Waals surface area contributed by atoms with Crippen molar-refractivity contribution in [1.29, 1.82) is 0 Å². The summed E-state index contributed by atoms with van der Waals surface area (Å²) in [7, 11) is 0. The van der Waals surface area contributed by atoms with Gasteiger partial charge in [-0.2, -0.15) is 0 Å². The van der Waals surface area contributed by atoms with Gasteiger partial charge in [-0.05, 0) is 31.6 Å². The van der Waals surface area contributed by atoms with Crippen molar-refractivity contribution in [3.05, 3.63) is 0 Å². The monoisotopic (exact) mass is 272 g/mol. The summed E-state index contributed by atoms with van der Waals surface area (Å²) in [6, 6.07) is 0. The molecule has 3 fully saturated rings. The average Bonchev–Trinajstić information content (AvgIpc) is 3.32. The number of ether oxygens (including phenoxy) is 2. The highest BCUT2D eigenvalue weighted by Gasteiger charge is 2.67. The summed E-state index contributed by atoms with van der Waals surface area (Å²) in [5.74, 6) is 0.548. The second-order valence-electron chi connectivity index (χ2n) is 6.40. The molecule has 0 amide bonds. The van der Waals surface area contributed by atoms with Crippen molar-refractivity contribution >= 4 is 0 Å². The van der Waals surface area contributed by atoms with Crippen LogP contribution in [0.2, 0.25) is 0 Å². The summed E-state index contributed by atoms with van der Waals surface area (Å²) in [4.78, 5) is 0. The van der Waals surface area contributed by atoms with Gasteiger partial charge in [-0.3, -0.25) is 0 Å². The molecule has 19 heavy (non-hydrogen) atoms. The van der Waals surface area contributed by atoms with E-state index in [1.807, 2.05) is 6.92 Å².